The molecule has 0 amide bonds. The van der Waals surface area contributed by atoms with Gasteiger partial charge in [-0.05, 0) is 31.4 Å². The lowest BCUT2D eigenvalue weighted by Crippen LogP contribution is -2.22. The van der Waals surface area contributed by atoms with Gasteiger partial charge in [-0.1, -0.05) is 26.0 Å². The van der Waals surface area contributed by atoms with E-state index in [1.807, 2.05) is 13.0 Å². The highest BCUT2D eigenvalue weighted by atomic mass is 32.2. The third-order valence-electron chi connectivity index (χ3n) is 2.95. The van der Waals surface area contributed by atoms with Gasteiger partial charge in [-0.25, -0.2) is 9.97 Å². The first-order valence-corrected chi connectivity index (χ1v) is 8.03. The SMILES string of the molecule is CSc1ccc(-c2nc(C)cc(CNC(C)C)n2)cc1. The van der Waals surface area contributed by atoms with E-state index in [0.717, 1.165) is 29.3 Å². The molecular weight excluding hydrogens is 266 g/mol. The predicted molar refractivity (Wildman–Crippen MR) is 86.0 cm³/mol. The minimum absolute atomic E-state index is 0.453. The van der Waals surface area contributed by atoms with Crippen LogP contribution in [0.1, 0.15) is 25.2 Å². The predicted octanol–water partition coefficient (Wildman–Crippen LogP) is 3.67. The van der Waals surface area contributed by atoms with Crippen molar-refractivity contribution in [3.05, 3.63) is 41.7 Å². The maximum absolute atomic E-state index is 4.65. The van der Waals surface area contributed by atoms with Crippen LogP contribution in [0.15, 0.2) is 35.2 Å². The van der Waals surface area contributed by atoms with Crippen LogP contribution in [0.2, 0.25) is 0 Å². The highest BCUT2D eigenvalue weighted by Gasteiger charge is 2.06. The van der Waals surface area contributed by atoms with Gasteiger partial charge in [0, 0.05) is 28.7 Å². The molecule has 1 N–H and O–H groups in total. The lowest BCUT2D eigenvalue weighted by Gasteiger charge is -2.10. The number of nitrogens with zero attached hydrogens (tertiary/aromatic N) is 2. The molecule has 2 rings (SSSR count). The Morgan fingerprint density at radius 3 is 2.45 bits per heavy atom. The van der Waals surface area contributed by atoms with E-state index in [2.05, 4.69) is 59.7 Å². The van der Waals surface area contributed by atoms with Crippen molar-refractivity contribution < 1.29 is 0 Å². The number of benzene rings is 1. The van der Waals surface area contributed by atoms with Gasteiger partial charge in [0.1, 0.15) is 0 Å². The van der Waals surface area contributed by atoms with Crippen LogP contribution < -0.4 is 5.32 Å². The summed E-state index contributed by atoms with van der Waals surface area (Å²) in [5.41, 5.74) is 3.11. The molecule has 1 aromatic heterocycles. The summed E-state index contributed by atoms with van der Waals surface area (Å²) in [4.78, 5) is 10.4. The first kappa shape index (κ1) is 15.0. The third kappa shape index (κ3) is 4.05. The Bertz CT molecular complexity index is 564. The summed E-state index contributed by atoms with van der Waals surface area (Å²) in [6.45, 7) is 7.06. The zero-order valence-electron chi connectivity index (χ0n) is 12.5. The first-order valence-electron chi connectivity index (χ1n) is 6.81. The smallest absolute Gasteiger partial charge is 0.159 e. The van der Waals surface area contributed by atoms with Crippen LogP contribution in [0, 0.1) is 6.92 Å². The van der Waals surface area contributed by atoms with E-state index in [-0.39, 0.29) is 0 Å². The lowest BCUT2D eigenvalue weighted by atomic mass is 10.2. The highest BCUT2D eigenvalue weighted by Crippen LogP contribution is 2.21. The number of nitrogens with one attached hydrogen (secondary N) is 1. The van der Waals surface area contributed by atoms with E-state index in [9.17, 15) is 0 Å². The fourth-order valence-electron chi connectivity index (χ4n) is 1.90. The van der Waals surface area contributed by atoms with Gasteiger partial charge in [-0.3, -0.25) is 0 Å². The summed E-state index contributed by atoms with van der Waals surface area (Å²) in [6.07, 6.45) is 2.08. The Morgan fingerprint density at radius 1 is 1.15 bits per heavy atom. The van der Waals surface area contributed by atoms with Crippen LogP contribution in [0.5, 0.6) is 0 Å². The molecule has 0 atom stereocenters. The molecular formula is C16H21N3S. The molecule has 4 heteroatoms. The molecule has 3 nitrogen and oxygen atoms in total. The first-order chi connectivity index (χ1) is 9.58. The minimum atomic E-state index is 0.453. The monoisotopic (exact) mass is 287 g/mol. The van der Waals surface area contributed by atoms with Crippen LogP contribution in [0.3, 0.4) is 0 Å². The largest absolute Gasteiger partial charge is 0.309 e. The van der Waals surface area contributed by atoms with Crippen LogP contribution in [0.4, 0.5) is 0 Å². The van der Waals surface area contributed by atoms with E-state index in [1.165, 1.54) is 4.90 Å². The summed E-state index contributed by atoms with van der Waals surface area (Å²) in [5, 5.41) is 3.39. The van der Waals surface area contributed by atoms with E-state index in [0.29, 0.717) is 6.04 Å². The lowest BCUT2D eigenvalue weighted by molar-refractivity contribution is 0.580. The Kier molecular flexibility index (Phi) is 5.15. The maximum atomic E-state index is 4.65. The summed E-state index contributed by atoms with van der Waals surface area (Å²) >= 11 is 1.74. The van der Waals surface area contributed by atoms with Crippen molar-refractivity contribution in [1.82, 2.24) is 15.3 Å². The molecule has 106 valence electrons. The van der Waals surface area contributed by atoms with Gasteiger partial charge in [-0.2, -0.15) is 0 Å². The zero-order chi connectivity index (χ0) is 14.5. The fourth-order valence-corrected chi connectivity index (χ4v) is 2.31. The van der Waals surface area contributed by atoms with Gasteiger partial charge in [0.25, 0.3) is 0 Å². The number of thioether (sulfide) groups is 1. The standard InChI is InChI=1S/C16H21N3S/c1-11(2)17-10-14-9-12(3)18-16(19-14)13-5-7-15(20-4)8-6-13/h5-9,11,17H,10H2,1-4H3. The molecule has 0 saturated heterocycles. The summed E-state index contributed by atoms with van der Waals surface area (Å²) < 4.78 is 0. The van der Waals surface area contributed by atoms with Gasteiger partial charge in [0.15, 0.2) is 5.82 Å². The van der Waals surface area contributed by atoms with E-state index in [1.54, 1.807) is 11.8 Å². The van der Waals surface area contributed by atoms with Gasteiger partial charge in [0.2, 0.25) is 0 Å². The normalized spacial score (nSPS) is 11.1. The maximum Gasteiger partial charge on any atom is 0.159 e. The van der Waals surface area contributed by atoms with Crippen molar-refractivity contribution in [3.8, 4) is 11.4 Å². The third-order valence-corrected chi connectivity index (χ3v) is 3.69. The second kappa shape index (κ2) is 6.86. The van der Waals surface area contributed by atoms with Crippen molar-refractivity contribution in [2.45, 2.75) is 38.3 Å². The van der Waals surface area contributed by atoms with Crippen molar-refractivity contribution in [2.24, 2.45) is 0 Å². The highest BCUT2D eigenvalue weighted by molar-refractivity contribution is 7.98. The van der Waals surface area contributed by atoms with Gasteiger partial charge in [0.05, 0.1) is 5.69 Å². The quantitative estimate of drug-likeness (QED) is 0.851. The molecule has 0 unspecified atom stereocenters. The minimum Gasteiger partial charge on any atom is -0.309 e. The van der Waals surface area contributed by atoms with Gasteiger partial charge >= 0.3 is 0 Å². The Morgan fingerprint density at radius 2 is 1.85 bits per heavy atom. The second-order valence-corrected chi connectivity index (χ2v) is 5.97. The summed E-state index contributed by atoms with van der Waals surface area (Å²) in [6, 6.07) is 10.9. The number of aryl methyl sites for hydroxylation is 1. The average molecular weight is 287 g/mol. The zero-order valence-corrected chi connectivity index (χ0v) is 13.3. The molecule has 1 heterocycles. The average Bonchev–Trinajstić information content (AvgIpc) is 2.44. The molecule has 0 aliphatic carbocycles. The van der Waals surface area contributed by atoms with Crippen molar-refractivity contribution in [3.63, 3.8) is 0 Å². The Hall–Kier alpha value is -1.39. The number of rotatable bonds is 5. The van der Waals surface area contributed by atoms with Gasteiger partial charge < -0.3 is 5.32 Å². The number of aromatic nitrogens is 2. The van der Waals surface area contributed by atoms with Crippen LogP contribution in [-0.4, -0.2) is 22.3 Å². The summed E-state index contributed by atoms with van der Waals surface area (Å²) in [5.74, 6) is 0.804. The molecule has 20 heavy (non-hydrogen) atoms. The van der Waals surface area contributed by atoms with Crippen molar-refractivity contribution >= 4 is 11.8 Å². The van der Waals surface area contributed by atoms with E-state index < -0.39 is 0 Å². The molecule has 0 bridgehead atoms. The van der Waals surface area contributed by atoms with Crippen LogP contribution in [0.25, 0.3) is 11.4 Å². The Labute approximate surface area is 125 Å². The molecule has 0 radical (unpaired) electrons. The molecule has 0 fully saturated rings. The fraction of sp³-hybridized carbons (Fsp3) is 0.375. The molecule has 0 saturated carbocycles. The number of hydrogen-bond donors (Lipinski definition) is 1. The molecule has 0 spiro atoms. The molecule has 0 aliphatic rings. The van der Waals surface area contributed by atoms with Crippen molar-refractivity contribution in [1.29, 1.82) is 0 Å². The topological polar surface area (TPSA) is 37.8 Å². The number of hydrogen-bond acceptors (Lipinski definition) is 4. The molecule has 1 aromatic carbocycles. The second-order valence-electron chi connectivity index (χ2n) is 5.09. The van der Waals surface area contributed by atoms with E-state index >= 15 is 0 Å². The Balaban J connectivity index is 2.26. The molecule has 2 aromatic rings. The van der Waals surface area contributed by atoms with Gasteiger partial charge in [-0.15, -0.1) is 11.8 Å². The molecule has 0 aliphatic heterocycles. The van der Waals surface area contributed by atoms with Crippen LogP contribution in [-0.2, 0) is 6.54 Å². The van der Waals surface area contributed by atoms with Crippen molar-refractivity contribution in [2.75, 3.05) is 6.26 Å². The van der Waals surface area contributed by atoms with Crippen LogP contribution >= 0.6 is 11.8 Å². The van der Waals surface area contributed by atoms with E-state index in [4.69, 9.17) is 0 Å². The summed E-state index contributed by atoms with van der Waals surface area (Å²) in [7, 11) is 0.